The molecule has 0 spiro atoms. The summed E-state index contributed by atoms with van der Waals surface area (Å²) in [6, 6.07) is 12.3. The van der Waals surface area contributed by atoms with Crippen LogP contribution in [0.1, 0.15) is 5.89 Å². The second-order valence-electron chi connectivity index (χ2n) is 9.18. The molecule has 5 rings (SSSR count). The molecule has 2 aromatic carbocycles. The molecule has 200 valence electrons. The molecular formula is C24H24F3N7O3S. The molecule has 1 fully saturated rings. The number of rotatable bonds is 6. The first-order chi connectivity index (χ1) is 18.0. The van der Waals surface area contributed by atoms with Crippen molar-refractivity contribution in [3.05, 3.63) is 60.7 Å². The first-order valence-corrected chi connectivity index (χ1v) is 13.1. The van der Waals surface area contributed by atoms with Gasteiger partial charge in [-0.25, -0.2) is 18.4 Å². The lowest BCUT2D eigenvalue weighted by atomic mass is 10.1. The van der Waals surface area contributed by atoms with Gasteiger partial charge < -0.3 is 14.3 Å². The Balaban J connectivity index is 1.37. The molecule has 1 aliphatic heterocycles. The average Bonchev–Trinajstić information content (AvgIpc) is 3.39. The van der Waals surface area contributed by atoms with Crippen molar-refractivity contribution < 1.29 is 26.1 Å². The second-order valence-corrected chi connectivity index (χ2v) is 11.1. The second kappa shape index (κ2) is 9.93. The highest BCUT2D eigenvalue weighted by molar-refractivity contribution is 7.89. The van der Waals surface area contributed by atoms with Crippen LogP contribution in [0.5, 0.6) is 0 Å². The third-order valence-corrected chi connectivity index (χ3v) is 8.13. The minimum Gasteiger partial charge on any atom is -0.338 e. The van der Waals surface area contributed by atoms with E-state index in [-0.39, 0.29) is 22.8 Å². The van der Waals surface area contributed by atoms with E-state index in [1.54, 1.807) is 18.2 Å². The van der Waals surface area contributed by atoms with Crippen LogP contribution in [-0.4, -0.2) is 84.0 Å². The zero-order chi connectivity index (χ0) is 27.1. The van der Waals surface area contributed by atoms with E-state index in [1.807, 2.05) is 48.2 Å². The number of anilines is 1. The van der Waals surface area contributed by atoms with Gasteiger partial charge in [-0.1, -0.05) is 35.5 Å². The van der Waals surface area contributed by atoms with Gasteiger partial charge in [0.15, 0.2) is 0 Å². The molecule has 1 aliphatic rings. The number of hydrogen-bond donors (Lipinski definition) is 0. The number of alkyl halides is 3. The summed E-state index contributed by atoms with van der Waals surface area (Å²) in [5.41, 5.74) is 0.162. The van der Waals surface area contributed by atoms with Crippen LogP contribution in [-0.2, 0) is 16.2 Å². The molecule has 1 unspecified atom stereocenters. The Kier molecular flexibility index (Phi) is 6.79. The Hall–Kier alpha value is -3.62. The van der Waals surface area contributed by atoms with Gasteiger partial charge in [0.05, 0.1) is 16.5 Å². The van der Waals surface area contributed by atoms with Crippen LogP contribution < -0.4 is 4.90 Å². The van der Waals surface area contributed by atoms with Crippen LogP contribution in [0.25, 0.3) is 22.2 Å². The van der Waals surface area contributed by atoms with Crippen LogP contribution in [0.3, 0.4) is 0 Å². The fourth-order valence-electron chi connectivity index (χ4n) is 4.43. The fraction of sp³-hybridized carbons (Fsp3) is 0.333. The number of fused-ring (bicyclic) bond motifs is 1. The predicted molar refractivity (Wildman–Crippen MR) is 133 cm³/mol. The van der Waals surface area contributed by atoms with E-state index >= 15 is 0 Å². The van der Waals surface area contributed by atoms with E-state index in [9.17, 15) is 21.6 Å². The number of likely N-dealkylation sites (N-methyl/N-ethyl adjacent to an activating group) is 1. The van der Waals surface area contributed by atoms with Crippen LogP contribution in [0, 0.1) is 0 Å². The van der Waals surface area contributed by atoms with Crippen molar-refractivity contribution in [1.29, 1.82) is 0 Å². The Morgan fingerprint density at radius 1 is 1.05 bits per heavy atom. The van der Waals surface area contributed by atoms with E-state index in [1.165, 1.54) is 16.7 Å². The topological polar surface area (TPSA) is 109 Å². The molecule has 10 nitrogen and oxygen atoms in total. The van der Waals surface area contributed by atoms with E-state index in [2.05, 4.69) is 24.6 Å². The molecule has 2 aromatic heterocycles. The summed E-state index contributed by atoms with van der Waals surface area (Å²) >= 11 is 0. The van der Waals surface area contributed by atoms with Gasteiger partial charge in [-0.05, 0) is 37.0 Å². The van der Waals surface area contributed by atoms with E-state index in [0.717, 1.165) is 10.8 Å². The Morgan fingerprint density at radius 2 is 1.76 bits per heavy atom. The molecule has 4 aromatic rings. The molecule has 0 bridgehead atoms. The maximum Gasteiger partial charge on any atom is 0.471 e. The van der Waals surface area contributed by atoms with Gasteiger partial charge in [0.25, 0.3) is 0 Å². The lowest BCUT2D eigenvalue weighted by Gasteiger charge is -2.41. The lowest BCUT2D eigenvalue weighted by Crippen LogP contribution is -2.58. The summed E-state index contributed by atoms with van der Waals surface area (Å²) in [4.78, 5) is 15.9. The van der Waals surface area contributed by atoms with Crippen molar-refractivity contribution in [2.75, 3.05) is 45.2 Å². The zero-order valence-electron chi connectivity index (χ0n) is 20.5. The highest BCUT2D eigenvalue weighted by Crippen LogP contribution is 2.30. The maximum absolute atomic E-state index is 13.7. The standard InChI is InChI=1S/C24H24F3N7O3S/c1-32(2)14-19-15-33(23-28-12-18(13-29-23)21-30-22(37-31-21)24(25,26)27)9-10-34(19)38(35,36)20-8-7-16-5-3-4-6-17(16)11-20/h3-8,11-13,19H,9-10,14-15H2,1-2H3. The van der Waals surface area contributed by atoms with Crippen molar-refractivity contribution in [3.8, 4) is 11.4 Å². The smallest absolute Gasteiger partial charge is 0.338 e. The molecule has 0 saturated carbocycles. The zero-order valence-corrected chi connectivity index (χ0v) is 21.3. The predicted octanol–water partition coefficient (Wildman–Crippen LogP) is 3.14. The average molecular weight is 548 g/mol. The molecule has 0 N–H and O–H groups in total. The van der Waals surface area contributed by atoms with Crippen molar-refractivity contribution in [2.24, 2.45) is 0 Å². The maximum atomic E-state index is 13.7. The van der Waals surface area contributed by atoms with Crippen molar-refractivity contribution >= 4 is 26.7 Å². The number of benzene rings is 2. The Labute approximate surface area is 216 Å². The first kappa shape index (κ1) is 26.0. The molecule has 1 atom stereocenters. The third kappa shape index (κ3) is 5.19. The normalized spacial score (nSPS) is 17.4. The number of piperazine rings is 1. The summed E-state index contributed by atoms with van der Waals surface area (Å²) < 4.78 is 71.4. The van der Waals surface area contributed by atoms with Gasteiger partial charge >= 0.3 is 12.1 Å². The van der Waals surface area contributed by atoms with Crippen molar-refractivity contribution in [3.63, 3.8) is 0 Å². The van der Waals surface area contributed by atoms with Crippen LogP contribution >= 0.6 is 0 Å². The van der Waals surface area contributed by atoms with Gasteiger partial charge in [-0.15, -0.1) is 0 Å². The van der Waals surface area contributed by atoms with Crippen molar-refractivity contribution in [2.45, 2.75) is 17.1 Å². The summed E-state index contributed by atoms with van der Waals surface area (Å²) in [6.45, 7) is 1.32. The summed E-state index contributed by atoms with van der Waals surface area (Å²) in [7, 11) is -0.0536. The molecule has 0 radical (unpaired) electrons. The molecule has 3 heterocycles. The lowest BCUT2D eigenvalue weighted by molar-refractivity contribution is -0.159. The molecule has 0 aliphatic carbocycles. The Morgan fingerprint density at radius 3 is 2.42 bits per heavy atom. The van der Waals surface area contributed by atoms with Crippen molar-refractivity contribution in [1.82, 2.24) is 29.3 Å². The monoisotopic (exact) mass is 547 g/mol. The number of hydrogen-bond acceptors (Lipinski definition) is 9. The molecule has 38 heavy (non-hydrogen) atoms. The highest BCUT2D eigenvalue weighted by Gasteiger charge is 2.39. The van der Waals surface area contributed by atoms with Crippen LogP contribution in [0.4, 0.5) is 19.1 Å². The van der Waals surface area contributed by atoms with Crippen LogP contribution in [0.15, 0.2) is 64.3 Å². The number of aromatic nitrogens is 4. The fourth-order valence-corrected chi connectivity index (χ4v) is 6.06. The van der Waals surface area contributed by atoms with E-state index < -0.39 is 28.1 Å². The van der Waals surface area contributed by atoms with Gasteiger partial charge in [0.2, 0.25) is 21.8 Å². The number of nitrogens with zero attached hydrogens (tertiary/aromatic N) is 7. The van der Waals surface area contributed by atoms with Gasteiger partial charge in [0, 0.05) is 38.6 Å². The number of sulfonamides is 1. The Bertz CT molecular complexity index is 1540. The summed E-state index contributed by atoms with van der Waals surface area (Å²) in [5, 5.41) is 5.14. The van der Waals surface area contributed by atoms with E-state index in [4.69, 9.17) is 0 Å². The number of halogens is 3. The minimum atomic E-state index is -4.75. The van der Waals surface area contributed by atoms with Gasteiger partial charge in [0.1, 0.15) is 0 Å². The van der Waals surface area contributed by atoms with Gasteiger partial charge in [-0.3, -0.25) is 0 Å². The molecule has 0 amide bonds. The van der Waals surface area contributed by atoms with Crippen LogP contribution in [0.2, 0.25) is 0 Å². The summed E-state index contributed by atoms with van der Waals surface area (Å²) in [5.74, 6) is -1.41. The molecular weight excluding hydrogens is 523 g/mol. The largest absolute Gasteiger partial charge is 0.471 e. The molecule has 14 heteroatoms. The first-order valence-electron chi connectivity index (χ1n) is 11.7. The van der Waals surface area contributed by atoms with Gasteiger partial charge in [-0.2, -0.15) is 22.5 Å². The summed E-state index contributed by atoms with van der Waals surface area (Å²) in [6.07, 6.45) is -2.13. The minimum absolute atomic E-state index is 0.162. The SMILES string of the molecule is CN(C)CC1CN(c2ncc(-c3noc(C(F)(F)F)n3)cn2)CCN1S(=O)(=O)c1ccc2ccccc2c1. The van der Waals surface area contributed by atoms with E-state index in [0.29, 0.717) is 25.6 Å². The molecule has 1 saturated heterocycles. The highest BCUT2D eigenvalue weighted by atomic mass is 32.2. The third-order valence-electron chi connectivity index (χ3n) is 6.18. The quantitative estimate of drug-likeness (QED) is 0.360.